The smallest absolute Gasteiger partial charge is 0.0991 e. The van der Waals surface area contributed by atoms with Crippen LogP contribution in [0.15, 0.2) is 48.1 Å². The minimum absolute atomic E-state index is 0.0480. The number of benzene rings is 1. The van der Waals surface area contributed by atoms with Crippen LogP contribution >= 0.6 is 0 Å². The Morgan fingerprint density at radius 1 is 1.33 bits per heavy atom. The van der Waals surface area contributed by atoms with E-state index in [2.05, 4.69) is 6.07 Å². The van der Waals surface area contributed by atoms with Gasteiger partial charge in [0.1, 0.15) is 0 Å². The highest BCUT2D eigenvalue weighted by molar-refractivity contribution is 5.43. The van der Waals surface area contributed by atoms with Gasteiger partial charge in [-0.25, -0.2) is 0 Å². The van der Waals surface area contributed by atoms with Crippen molar-refractivity contribution in [3.63, 3.8) is 0 Å². The van der Waals surface area contributed by atoms with E-state index in [4.69, 9.17) is 21.8 Å². The van der Waals surface area contributed by atoms with Crippen molar-refractivity contribution in [3.8, 4) is 6.07 Å². The molecule has 2 unspecified atom stereocenters. The molecule has 4 heteroatoms. The van der Waals surface area contributed by atoms with E-state index in [0.717, 1.165) is 11.1 Å². The van der Waals surface area contributed by atoms with Crippen LogP contribution in [0.5, 0.6) is 0 Å². The summed E-state index contributed by atoms with van der Waals surface area (Å²) < 4.78 is 0. The molecule has 0 saturated heterocycles. The van der Waals surface area contributed by atoms with E-state index < -0.39 is 11.6 Å². The average Bonchev–Trinajstić information content (AvgIpc) is 2.42. The first-order chi connectivity index (χ1) is 8.60. The van der Waals surface area contributed by atoms with Gasteiger partial charge in [0.2, 0.25) is 0 Å². The lowest BCUT2D eigenvalue weighted by Gasteiger charge is -2.34. The van der Waals surface area contributed by atoms with Gasteiger partial charge in [-0.2, -0.15) is 5.26 Å². The summed E-state index contributed by atoms with van der Waals surface area (Å²) in [5.74, 6) is 0. The fraction of sp³-hybridized carbons (Fsp3) is 0.214. The van der Waals surface area contributed by atoms with Gasteiger partial charge < -0.3 is 16.6 Å². The summed E-state index contributed by atoms with van der Waals surface area (Å²) in [6, 6.07) is 8.71. The Morgan fingerprint density at radius 3 is 2.50 bits per heavy atom. The summed E-state index contributed by atoms with van der Waals surface area (Å²) in [4.78, 5) is 0. The van der Waals surface area contributed by atoms with Crippen molar-refractivity contribution < 1.29 is 5.11 Å². The average molecular weight is 241 g/mol. The highest BCUT2D eigenvalue weighted by Crippen LogP contribution is 2.28. The molecule has 2 rings (SSSR count). The summed E-state index contributed by atoms with van der Waals surface area (Å²) >= 11 is 0. The molecule has 1 aliphatic carbocycles. The van der Waals surface area contributed by atoms with E-state index in [1.165, 1.54) is 0 Å². The highest BCUT2D eigenvalue weighted by Gasteiger charge is 2.32. The fourth-order valence-corrected chi connectivity index (χ4v) is 2.01. The number of hydrogen-bond acceptors (Lipinski definition) is 4. The molecule has 0 bridgehead atoms. The molecule has 0 aliphatic heterocycles. The molecule has 0 radical (unpaired) electrons. The predicted octanol–water partition coefficient (Wildman–Crippen LogP) is 0.528. The molecule has 0 spiro atoms. The Bertz CT molecular complexity index is 539. The van der Waals surface area contributed by atoms with E-state index in [9.17, 15) is 0 Å². The molecule has 0 saturated carbocycles. The Morgan fingerprint density at radius 2 is 2.00 bits per heavy atom. The maximum absolute atomic E-state index is 9.07. The van der Waals surface area contributed by atoms with Crippen molar-refractivity contribution in [2.24, 2.45) is 11.5 Å². The van der Waals surface area contributed by atoms with Gasteiger partial charge in [-0.3, -0.25) is 0 Å². The van der Waals surface area contributed by atoms with Gasteiger partial charge in [0.25, 0.3) is 0 Å². The van der Waals surface area contributed by atoms with Crippen LogP contribution in [0.3, 0.4) is 0 Å². The zero-order valence-electron chi connectivity index (χ0n) is 9.88. The van der Waals surface area contributed by atoms with E-state index >= 15 is 0 Å². The largest absolute Gasteiger partial charge is 0.392 e. The maximum atomic E-state index is 9.07. The van der Waals surface area contributed by atoms with Gasteiger partial charge in [0, 0.05) is 6.04 Å². The third kappa shape index (κ3) is 2.07. The molecule has 1 aromatic rings. The summed E-state index contributed by atoms with van der Waals surface area (Å²) in [6.45, 7) is -0.0480. The molecule has 0 fully saturated rings. The maximum Gasteiger partial charge on any atom is 0.0991 e. The number of nitrogens with two attached hydrogens (primary N) is 2. The van der Waals surface area contributed by atoms with Crippen molar-refractivity contribution in [1.82, 2.24) is 0 Å². The number of aliphatic hydroxyl groups excluding tert-OH is 1. The second-order valence-corrected chi connectivity index (χ2v) is 4.38. The van der Waals surface area contributed by atoms with Crippen LogP contribution in [0.4, 0.5) is 0 Å². The Labute approximate surface area is 106 Å². The van der Waals surface area contributed by atoms with E-state index in [0.29, 0.717) is 5.56 Å². The van der Waals surface area contributed by atoms with Crippen molar-refractivity contribution in [1.29, 1.82) is 5.26 Å². The molecular weight excluding hydrogens is 226 g/mol. The normalized spacial score (nSPS) is 26.6. The third-order valence-corrected chi connectivity index (χ3v) is 3.21. The van der Waals surface area contributed by atoms with Gasteiger partial charge in [-0.15, -0.1) is 0 Å². The predicted molar refractivity (Wildman–Crippen MR) is 69.3 cm³/mol. The quantitative estimate of drug-likeness (QED) is 0.703. The molecule has 2 atom stereocenters. The van der Waals surface area contributed by atoms with Gasteiger partial charge in [0.15, 0.2) is 0 Å². The van der Waals surface area contributed by atoms with Gasteiger partial charge in [-0.05, 0) is 23.3 Å². The summed E-state index contributed by atoms with van der Waals surface area (Å²) in [5, 5.41) is 17.8. The number of nitriles is 1. The first-order valence-corrected chi connectivity index (χ1v) is 5.66. The molecule has 92 valence electrons. The standard InChI is InChI=1S/C14H15N3O/c15-8-10-1-3-12(4-2-10)14(17)6-5-11(9-18)7-13(14)16/h1-7,13,18H,9,16-17H2. The highest BCUT2D eigenvalue weighted by atomic mass is 16.3. The van der Waals surface area contributed by atoms with Crippen LogP contribution in [-0.2, 0) is 5.54 Å². The van der Waals surface area contributed by atoms with Crippen LogP contribution in [0.25, 0.3) is 0 Å². The zero-order chi connectivity index (χ0) is 13.2. The lowest BCUT2D eigenvalue weighted by Crippen LogP contribution is -2.51. The molecule has 1 aliphatic rings. The summed E-state index contributed by atoms with van der Waals surface area (Å²) in [5.41, 5.74) is 13.8. The van der Waals surface area contributed by atoms with Crippen LogP contribution in [0, 0.1) is 11.3 Å². The number of nitrogens with zero attached hydrogens (tertiary/aromatic N) is 1. The first-order valence-electron chi connectivity index (χ1n) is 5.66. The van der Waals surface area contributed by atoms with Crippen LogP contribution in [0.1, 0.15) is 11.1 Å². The Balaban J connectivity index is 2.35. The molecule has 4 nitrogen and oxygen atoms in total. The second-order valence-electron chi connectivity index (χ2n) is 4.38. The molecule has 18 heavy (non-hydrogen) atoms. The van der Waals surface area contributed by atoms with Crippen LogP contribution in [-0.4, -0.2) is 17.8 Å². The van der Waals surface area contributed by atoms with Gasteiger partial charge in [0.05, 0.1) is 23.8 Å². The van der Waals surface area contributed by atoms with Crippen LogP contribution in [0.2, 0.25) is 0 Å². The van der Waals surface area contributed by atoms with E-state index in [-0.39, 0.29) is 6.61 Å². The molecular formula is C14H15N3O. The summed E-state index contributed by atoms with van der Waals surface area (Å²) in [6.07, 6.45) is 5.34. The Kier molecular flexibility index (Phi) is 3.30. The molecule has 0 heterocycles. The lowest BCUT2D eigenvalue weighted by molar-refractivity contribution is 0.331. The van der Waals surface area contributed by atoms with Gasteiger partial charge >= 0.3 is 0 Å². The fourth-order valence-electron chi connectivity index (χ4n) is 2.01. The molecule has 5 N–H and O–H groups in total. The number of aliphatic hydroxyl groups is 1. The van der Waals surface area contributed by atoms with Crippen molar-refractivity contribution in [2.45, 2.75) is 11.6 Å². The third-order valence-electron chi connectivity index (χ3n) is 3.21. The second kappa shape index (κ2) is 4.75. The van der Waals surface area contributed by atoms with Crippen LogP contribution < -0.4 is 11.5 Å². The van der Waals surface area contributed by atoms with Crippen molar-refractivity contribution >= 4 is 0 Å². The molecule has 0 aromatic heterocycles. The monoisotopic (exact) mass is 241 g/mol. The van der Waals surface area contributed by atoms with Crippen molar-refractivity contribution in [3.05, 3.63) is 59.2 Å². The minimum atomic E-state index is -0.799. The number of rotatable bonds is 2. The molecule has 0 amide bonds. The first kappa shape index (κ1) is 12.5. The lowest BCUT2D eigenvalue weighted by atomic mass is 9.79. The topological polar surface area (TPSA) is 96.1 Å². The molecule has 1 aromatic carbocycles. The zero-order valence-corrected chi connectivity index (χ0v) is 9.88. The SMILES string of the molecule is N#Cc1ccc(C2(N)C=CC(CO)=CC2N)cc1. The Hall–Kier alpha value is -1.93. The van der Waals surface area contributed by atoms with E-state index in [1.807, 2.05) is 0 Å². The minimum Gasteiger partial charge on any atom is -0.392 e. The number of hydrogen-bond donors (Lipinski definition) is 3. The summed E-state index contributed by atoms with van der Waals surface area (Å²) in [7, 11) is 0. The van der Waals surface area contributed by atoms with E-state index in [1.54, 1.807) is 42.5 Å². The van der Waals surface area contributed by atoms with Crippen molar-refractivity contribution in [2.75, 3.05) is 6.61 Å². The van der Waals surface area contributed by atoms with Gasteiger partial charge in [-0.1, -0.05) is 30.4 Å².